The van der Waals surface area contributed by atoms with Crippen LogP contribution in [0, 0.1) is 6.92 Å². The van der Waals surface area contributed by atoms with E-state index < -0.39 is 21.8 Å². The number of rotatable bonds is 6. The minimum atomic E-state index is -3.68. The van der Waals surface area contributed by atoms with Crippen molar-refractivity contribution in [1.29, 1.82) is 0 Å². The highest BCUT2D eigenvalue weighted by Gasteiger charge is 2.19. The maximum Gasteiger partial charge on any atom is 0.269 e. The van der Waals surface area contributed by atoms with E-state index in [0.29, 0.717) is 17.1 Å². The second-order valence-electron chi connectivity index (χ2n) is 8.11. The SMILES string of the molecule is Cc1cc2occ(CC(=O)NNC(=O)c3cccc(S(=O)(=O)N(C)C)c3)c2cc1C(C)C. The monoisotopic (exact) mass is 457 g/mol. The number of nitrogens with one attached hydrogen (secondary N) is 2. The van der Waals surface area contributed by atoms with Crippen LogP contribution >= 0.6 is 0 Å². The second kappa shape index (κ2) is 9.13. The average Bonchev–Trinajstić information content (AvgIpc) is 3.12. The average molecular weight is 458 g/mol. The Hall–Kier alpha value is -3.17. The van der Waals surface area contributed by atoms with Gasteiger partial charge >= 0.3 is 0 Å². The number of nitrogens with zero attached hydrogens (tertiary/aromatic N) is 1. The van der Waals surface area contributed by atoms with Gasteiger partial charge in [-0.1, -0.05) is 19.9 Å². The van der Waals surface area contributed by atoms with Crippen molar-refractivity contribution < 1.29 is 22.4 Å². The smallest absolute Gasteiger partial charge is 0.269 e. The molecule has 0 aliphatic rings. The summed E-state index contributed by atoms with van der Waals surface area (Å²) in [6, 6.07) is 9.60. The maximum atomic E-state index is 12.4. The van der Waals surface area contributed by atoms with Crippen LogP contribution in [0.25, 0.3) is 11.0 Å². The van der Waals surface area contributed by atoms with Gasteiger partial charge in [0.2, 0.25) is 15.9 Å². The third-order valence-corrected chi connectivity index (χ3v) is 7.02. The highest BCUT2D eigenvalue weighted by Crippen LogP contribution is 2.29. The van der Waals surface area contributed by atoms with Crippen molar-refractivity contribution in [3.63, 3.8) is 0 Å². The van der Waals surface area contributed by atoms with Crippen molar-refractivity contribution in [2.24, 2.45) is 0 Å². The van der Waals surface area contributed by atoms with Crippen LogP contribution in [0.15, 0.2) is 52.0 Å². The molecule has 0 atom stereocenters. The van der Waals surface area contributed by atoms with Gasteiger partial charge in [-0.25, -0.2) is 12.7 Å². The minimum absolute atomic E-state index is 0.0115. The molecular formula is C23H27N3O5S. The van der Waals surface area contributed by atoms with Crippen LogP contribution in [0.1, 0.15) is 46.8 Å². The lowest BCUT2D eigenvalue weighted by Crippen LogP contribution is -2.42. The number of furan rings is 1. The lowest BCUT2D eigenvalue weighted by molar-refractivity contribution is -0.121. The quantitative estimate of drug-likeness (QED) is 0.553. The molecule has 0 fully saturated rings. The van der Waals surface area contributed by atoms with Crippen LogP contribution in [0.3, 0.4) is 0 Å². The summed E-state index contributed by atoms with van der Waals surface area (Å²) in [7, 11) is -0.857. The molecule has 9 heteroatoms. The Kier molecular flexibility index (Phi) is 6.71. The van der Waals surface area contributed by atoms with Gasteiger partial charge in [0.05, 0.1) is 17.6 Å². The first-order chi connectivity index (χ1) is 15.0. The van der Waals surface area contributed by atoms with Gasteiger partial charge < -0.3 is 4.42 Å². The Balaban J connectivity index is 1.69. The number of hydrazine groups is 1. The van der Waals surface area contributed by atoms with Gasteiger partial charge in [0.25, 0.3) is 5.91 Å². The molecule has 0 spiro atoms. The molecule has 2 aromatic carbocycles. The van der Waals surface area contributed by atoms with E-state index in [1.807, 2.05) is 19.1 Å². The van der Waals surface area contributed by atoms with Gasteiger partial charge in [0.15, 0.2) is 0 Å². The number of amides is 2. The van der Waals surface area contributed by atoms with Crippen LogP contribution in [0.5, 0.6) is 0 Å². The van der Waals surface area contributed by atoms with Gasteiger partial charge in [-0.3, -0.25) is 20.4 Å². The molecule has 0 bridgehead atoms. The van der Waals surface area contributed by atoms with Crippen LogP contribution < -0.4 is 10.9 Å². The van der Waals surface area contributed by atoms with Crippen molar-refractivity contribution in [1.82, 2.24) is 15.2 Å². The Morgan fingerprint density at radius 3 is 2.47 bits per heavy atom. The Labute approximate surface area is 187 Å². The van der Waals surface area contributed by atoms with E-state index >= 15 is 0 Å². The van der Waals surface area contributed by atoms with Gasteiger partial charge in [-0.2, -0.15) is 0 Å². The lowest BCUT2D eigenvalue weighted by Gasteiger charge is -2.12. The number of hydrogen-bond donors (Lipinski definition) is 2. The summed E-state index contributed by atoms with van der Waals surface area (Å²) in [6.45, 7) is 6.24. The van der Waals surface area contributed by atoms with E-state index in [4.69, 9.17) is 4.42 Å². The van der Waals surface area contributed by atoms with Gasteiger partial charge in [0, 0.05) is 30.6 Å². The molecular weight excluding hydrogens is 430 g/mol. The molecule has 3 aromatic rings. The van der Waals surface area contributed by atoms with Gasteiger partial charge in [-0.15, -0.1) is 0 Å². The molecule has 3 rings (SSSR count). The number of carbonyl (C=O) groups is 2. The summed E-state index contributed by atoms with van der Waals surface area (Å²) in [6.07, 6.45) is 1.56. The molecule has 2 N–H and O–H groups in total. The van der Waals surface area contributed by atoms with Crippen LogP contribution in [0.4, 0.5) is 0 Å². The number of carbonyl (C=O) groups excluding carboxylic acids is 2. The Bertz CT molecular complexity index is 1280. The molecule has 32 heavy (non-hydrogen) atoms. The summed E-state index contributed by atoms with van der Waals surface area (Å²) in [5, 5.41) is 0.863. The largest absolute Gasteiger partial charge is 0.464 e. The fraction of sp³-hybridized carbons (Fsp3) is 0.304. The third kappa shape index (κ3) is 4.84. The number of sulfonamides is 1. The molecule has 0 aliphatic carbocycles. The summed E-state index contributed by atoms with van der Waals surface area (Å²) in [5.41, 5.74) is 8.54. The summed E-state index contributed by atoms with van der Waals surface area (Å²) in [5.74, 6) is -0.712. The summed E-state index contributed by atoms with van der Waals surface area (Å²) in [4.78, 5) is 24.8. The highest BCUT2D eigenvalue weighted by atomic mass is 32.2. The van der Waals surface area contributed by atoms with E-state index in [1.54, 1.807) is 6.26 Å². The summed E-state index contributed by atoms with van der Waals surface area (Å²) < 4.78 is 31.2. The number of benzene rings is 2. The molecule has 2 amide bonds. The molecule has 0 aliphatic heterocycles. The number of fused-ring (bicyclic) bond motifs is 1. The molecule has 1 aromatic heterocycles. The standard InChI is InChI=1S/C23H27N3O5S/c1-14(2)19-12-20-17(13-31-21(20)9-15(19)3)11-22(27)24-25-23(28)16-7-6-8-18(10-16)32(29,30)26(4)5/h6-10,12-14H,11H2,1-5H3,(H,24,27)(H,25,28). The normalized spacial score (nSPS) is 11.8. The van der Waals surface area contributed by atoms with Gasteiger partial charge in [0.1, 0.15) is 5.58 Å². The lowest BCUT2D eigenvalue weighted by atomic mass is 9.95. The first-order valence-electron chi connectivity index (χ1n) is 10.1. The first-order valence-corrected chi connectivity index (χ1v) is 11.6. The van der Waals surface area contributed by atoms with E-state index in [1.165, 1.54) is 43.9 Å². The molecule has 1 heterocycles. The predicted molar refractivity (Wildman–Crippen MR) is 122 cm³/mol. The first kappa shape index (κ1) is 23.5. The van der Waals surface area contributed by atoms with E-state index in [2.05, 4.69) is 24.7 Å². The predicted octanol–water partition coefficient (Wildman–Crippen LogP) is 3.12. The van der Waals surface area contributed by atoms with Crippen molar-refractivity contribution in [2.75, 3.05) is 14.1 Å². The Morgan fingerprint density at radius 1 is 1.09 bits per heavy atom. The highest BCUT2D eigenvalue weighted by molar-refractivity contribution is 7.89. The molecule has 170 valence electrons. The van der Waals surface area contributed by atoms with E-state index in [9.17, 15) is 18.0 Å². The topological polar surface area (TPSA) is 109 Å². The van der Waals surface area contributed by atoms with E-state index in [-0.39, 0.29) is 16.9 Å². The van der Waals surface area contributed by atoms with Crippen LogP contribution in [-0.2, 0) is 21.2 Å². The van der Waals surface area contributed by atoms with Crippen molar-refractivity contribution >= 4 is 32.8 Å². The molecule has 0 unspecified atom stereocenters. The molecule has 0 radical (unpaired) electrons. The molecule has 8 nitrogen and oxygen atoms in total. The second-order valence-corrected chi connectivity index (χ2v) is 10.3. The third-order valence-electron chi connectivity index (χ3n) is 5.21. The van der Waals surface area contributed by atoms with E-state index in [0.717, 1.165) is 15.3 Å². The van der Waals surface area contributed by atoms with Crippen molar-refractivity contribution in [2.45, 2.75) is 38.0 Å². The van der Waals surface area contributed by atoms with Crippen LogP contribution in [0.2, 0.25) is 0 Å². The zero-order chi connectivity index (χ0) is 23.6. The van der Waals surface area contributed by atoms with Crippen molar-refractivity contribution in [3.8, 4) is 0 Å². The zero-order valence-corrected chi connectivity index (χ0v) is 19.5. The maximum absolute atomic E-state index is 12.4. The van der Waals surface area contributed by atoms with Gasteiger partial charge in [-0.05, 0) is 54.3 Å². The summed E-state index contributed by atoms with van der Waals surface area (Å²) >= 11 is 0. The van der Waals surface area contributed by atoms with Crippen molar-refractivity contribution in [3.05, 3.63) is 64.9 Å². The molecule has 0 saturated carbocycles. The number of hydrogen-bond acceptors (Lipinski definition) is 5. The number of aryl methyl sites for hydroxylation is 1. The molecule has 0 saturated heterocycles. The van der Waals surface area contributed by atoms with Crippen LogP contribution in [-0.4, -0.2) is 38.6 Å². The minimum Gasteiger partial charge on any atom is -0.464 e. The zero-order valence-electron chi connectivity index (χ0n) is 18.7. The Morgan fingerprint density at radius 2 is 1.81 bits per heavy atom. The fourth-order valence-electron chi connectivity index (χ4n) is 3.43. The fourth-order valence-corrected chi connectivity index (χ4v) is 4.38.